The first-order valence-corrected chi connectivity index (χ1v) is 11.3. The molecule has 1 fully saturated rings. The third-order valence-electron chi connectivity index (χ3n) is 6.14. The van der Waals surface area contributed by atoms with Crippen molar-refractivity contribution in [1.82, 2.24) is 10.2 Å². The number of rotatable bonds is 7. The largest absolute Gasteiger partial charge is 0.416 e. The summed E-state index contributed by atoms with van der Waals surface area (Å²) in [5.74, 6) is -1.25. The van der Waals surface area contributed by atoms with E-state index in [0.717, 1.165) is 40.3 Å². The highest BCUT2D eigenvalue weighted by Gasteiger charge is 2.53. The monoisotopic (exact) mass is 495 g/mol. The van der Waals surface area contributed by atoms with Crippen LogP contribution in [0.4, 0.5) is 23.7 Å². The summed E-state index contributed by atoms with van der Waals surface area (Å²) >= 11 is 0. The number of hydrogen-bond donors (Lipinski definition) is 2. The summed E-state index contributed by atoms with van der Waals surface area (Å²) < 4.78 is 38.4. The van der Waals surface area contributed by atoms with Gasteiger partial charge in [-0.15, -0.1) is 0 Å². The molecule has 0 spiro atoms. The van der Waals surface area contributed by atoms with Gasteiger partial charge in [-0.2, -0.15) is 13.2 Å². The van der Waals surface area contributed by atoms with Gasteiger partial charge in [0.2, 0.25) is 5.91 Å². The average molecular weight is 496 g/mol. The maximum Gasteiger partial charge on any atom is 0.416 e. The molecule has 6 nitrogen and oxygen atoms in total. The molecule has 4 amide bonds. The number of nitrogens with zero attached hydrogens (tertiary/aromatic N) is 1. The lowest BCUT2D eigenvalue weighted by Gasteiger charge is -2.28. The lowest BCUT2D eigenvalue weighted by atomic mass is 9.84. The molecule has 1 heterocycles. The van der Waals surface area contributed by atoms with Crippen molar-refractivity contribution >= 4 is 23.5 Å². The fourth-order valence-corrected chi connectivity index (χ4v) is 4.29. The van der Waals surface area contributed by atoms with Crippen molar-refractivity contribution in [2.24, 2.45) is 0 Å². The van der Waals surface area contributed by atoms with Gasteiger partial charge in [0.05, 0.1) is 5.56 Å². The van der Waals surface area contributed by atoms with Crippen molar-refractivity contribution in [3.63, 3.8) is 0 Å². The SMILES string of the molecule is C[C@H](C(=O)Nc1ccc(C(F)(F)F)cc1)N1C(=O)NC(Cc2ccccc2)(Cc2ccccc2)C1=O. The highest BCUT2D eigenvalue weighted by molar-refractivity contribution is 6.11. The number of halogens is 3. The summed E-state index contributed by atoms with van der Waals surface area (Å²) in [6, 6.07) is 20.5. The Kier molecular flexibility index (Phi) is 6.83. The fourth-order valence-electron chi connectivity index (χ4n) is 4.29. The predicted octanol–water partition coefficient (Wildman–Crippen LogP) is 4.81. The van der Waals surface area contributed by atoms with E-state index in [2.05, 4.69) is 10.6 Å². The molecule has 3 aromatic carbocycles. The lowest BCUT2D eigenvalue weighted by Crippen LogP contribution is -2.52. The van der Waals surface area contributed by atoms with E-state index >= 15 is 0 Å². The van der Waals surface area contributed by atoms with Crippen LogP contribution < -0.4 is 10.6 Å². The molecule has 36 heavy (non-hydrogen) atoms. The number of urea groups is 1. The summed E-state index contributed by atoms with van der Waals surface area (Å²) in [6.07, 6.45) is -4.06. The Bertz CT molecular complexity index is 1200. The number of benzene rings is 3. The first-order valence-electron chi connectivity index (χ1n) is 11.3. The van der Waals surface area contributed by atoms with Crippen LogP contribution in [0.2, 0.25) is 0 Å². The van der Waals surface area contributed by atoms with Gasteiger partial charge >= 0.3 is 12.2 Å². The van der Waals surface area contributed by atoms with Crippen molar-refractivity contribution in [3.05, 3.63) is 102 Å². The minimum Gasteiger partial charge on any atom is -0.324 e. The Labute approximate surface area is 206 Å². The number of imide groups is 1. The van der Waals surface area contributed by atoms with Gasteiger partial charge in [-0.1, -0.05) is 60.7 Å². The second-order valence-electron chi connectivity index (χ2n) is 8.75. The molecule has 2 N–H and O–H groups in total. The Balaban J connectivity index is 1.57. The second-order valence-corrected chi connectivity index (χ2v) is 8.75. The van der Waals surface area contributed by atoms with E-state index < -0.39 is 41.2 Å². The number of carbonyl (C=O) groups excluding carboxylic acids is 3. The van der Waals surface area contributed by atoms with Crippen LogP contribution in [-0.2, 0) is 28.6 Å². The van der Waals surface area contributed by atoms with Crippen LogP contribution in [0.15, 0.2) is 84.9 Å². The zero-order valence-corrected chi connectivity index (χ0v) is 19.4. The molecule has 1 aliphatic heterocycles. The first-order chi connectivity index (χ1) is 17.1. The Hall–Kier alpha value is -4.14. The number of alkyl halides is 3. The third kappa shape index (κ3) is 5.25. The highest BCUT2D eigenvalue weighted by Crippen LogP contribution is 2.31. The zero-order chi connectivity index (χ0) is 25.9. The van der Waals surface area contributed by atoms with Gasteiger partial charge in [-0.05, 0) is 42.3 Å². The molecule has 0 aromatic heterocycles. The molecule has 1 atom stereocenters. The normalized spacial score (nSPS) is 15.9. The van der Waals surface area contributed by atoms with Crippen LogP contribution in [0, 0.1) is 0 Å². The third-order valence-corrected chi connectivity index (χ3v) is 6.14. The molecule has 4 rings (SSSR count). The predicted molar refractivity (Wildman–Crippen MR) is 128 cm³/mol. The van der Waals surface area contributed by atoms with E-state index in [1.54, 1.807) is 0 Å². The molecule has 0 unspecified atom stereocenters. The van der Waals surface area contributed by atoms with Crippen LogP contribution in [0.25, 0.3) is 0 Å². The molecule has 1 aliphatic rings. The van der Waals surface area contributed by atoms with Gasteiger partial charge in [0.1, 0.15) is 11.6 Å². The van der Waals surface area contributed by atoms with E-state index in [1.165, 1.54) is 6.92 Å². The Morgan fingerprint density at radius 1 is 0.889 bits per heavy atom. The van der Waals surface area contributed by atoms with Crippen LogP contribution in [0.3, 0.4) is 0 Å². The number of hydrogen-bond acceptors (Lipinski definition) is 3. The Morgan fingerprint density at radius 3 is 1.86 bits per heavy atom. The van der Waals surface area contributed by atoms with Crippen LogP contribution >= 0.6 is 0 Å². The van der Waals surface area contributed by atoms with E-state index in [9.17, 15) is 27.6 Å². The molecule has 3 aromatic rings. The fraction of sp³-hybridized carbons (Fsp3) is 0.222. The van der Waals surface area contributed by atoms with E-state index in [-0.39, 0.29) is 18.5 Å². The van der Waals surface area contributed by atoms with Crippen LogP contribution in [-0.4, -0.2) is 34.3 Å². The lowest BCUT2D eigenvalue weighted by molar-refractivity contribution is -0.137. The van der Waals surface area contributed by atoms with Gasteiger partial charge in [0, 0.05) is 18.5 Å². The van der Waals surface area contributed by atoms with Gasteiger partial charge < -0.3 is 10.6 Å². The highest BCUT2D eigenvalue weighted by atomic mass is 19.4. The maximum absolute atomic E-state index is 13.7. The van der Waals surface area contributed by atoms with Crippen molar-refractivity contribution in [2.75, 3.05) is 5.32 Å². The number of carbonyl (C=O) groups is 3. The molecule has 9 heteroatoms. The number of amides is 4. The zero-order valence-electron chi connectivity index (χ0n) is 19.4. The topological polar surface area (TPSA) is 78.5 Å². The quantitative estimate of drug-likeness (QED) is 0.462. The molecule has 0 saturated carbocycles. The van der Waals surface area contributed by atoms with Gasteiger partial charge in [0.15, 0.2) is 0 Å². The number of anilines is 1. The average Bonchev–Trinajstić information content (AvgIpc) is 3.08. The van der Waals surface area contributed by atoms with Crippen molar-refractivity contribution in [3.8, 4) is 0 Å². The van der Waals surface area contributed by atoms with Gasteiger partial charge in [0.25, 0.3) is 5.91 Å². The summed E-state index contributed by atoms with van der Waals surface area (Å²) in [5, 5.41) is 5.31. The molecule has 0 bridgehead atoms. The summed E-state index contributed by atoms with van der Waals surface area (Å²) in [7, 11) is 0. The summed E-state index contributed by atoms with van der Waals surface area (Å²) in [4.78, 5) is 40.5. The van der Waals surface area contributed by atoms with Crippen molar-refractivity contribution in [1.29, 1.82) is 0 Å². The van der Waals surface area contributed by atoms with E-state index in [4.69, 9.17) is 0 Å². The first kappa shape index (κ1) is 25.0. The minimum atomic E-state index is -4.50. The molecule has 186 valence electrons. The van der Waals surface area contributed by atoms with Gasteiger partial charge in [-0.25, -0.2) is 9.69 Å². The molecular weight excluding hydrogens is 471 g/mol. The standard InChI is InChI=1S/C27H24F3N3O3/c1-18(23(34)31-22-14-12-21(13-15-22)27(28,29)30)33-24(35)26(32-25(33)36,16-19-8-4-2-5-9-19)17-20-10-6-3-7-11-20/h2-15,18H,16-17H2,1H3,(H,31,34)(H,32,36)/t18-/m1/s1. The molecule has 0 aliphatic carbocycles. The van der Waals surface area contributed by atoms with Gasteiger partial charge in [-0.3, -0.25) is 9.59 Å². The number of nitrogens with one attached hydrogen (secondary N) is 2. The van der Waals surface area contributed by atoms with Crippen LogP contribution in [0.5, 0.6) is 0 Å². The molecule has 0 radical (unpaired) electrons. The maximum atomic E-state index is 13.7. The smallest absolute Gasteiger partial charge is 0.324 e. The minimum absolute atomic E-state index is 0.117. The van der Waals surface area contributed by atoms with E-state index in [1.807, 2.05) is 60.7 Å². The molecular formula is C27H24F3N3O3. The summed E-state index contributed by atoms with van der Waals surface area (Å²) in [5.41, 5.74) is -0.361. The van der Waals surface area contributed by atoms with E-state index in [0.29, 0.717) is 0 Å². The van der Waals surface area contributed by atoms with Crippen LogP contribution in [0.1, 0.15) is 23.6 Å². The molecule has 1 saturated heterocycles. The second kappa shape index (κ2) is 9.85. The van der Waals surface area contributed by atoms with Crippen molar-refractivity contribution in [2.45, 2.75) is 37.5 Å². The Morgan fingerprint density at radius 2 is 1.39 bits per heavy atom. The van der Waals surface area contributed by atoms with Crippen molar-refractivity contribution < 1.29 is 27.6 Å². The summed E-state index contributed by atoms with van der Waals surface area (Å²) in [6.45, 7) is 1.40.